The summed E-state index contributed by atoms with van der Waals surface area (Å²) < 4.78 is 28.7. The lowest BCUT2D eigenvalue weighted by atomic mass is 10.0. The molecule has 6 heteroatoms. The monoisotopic (exact) mass is 414 g/mol. The number of benzene rings is 2. The molecule has 0 amide bonds. The van der Waals surface area contributed by atoms with Crippen LogP contribution in [0.5, 0.6) is 5.75 Å². The Morgan fingerprint density at radius 2 is 1.77 bits per heavy atom. The molecule has 0 radical (unpaired) electrons. The van der Waals surface area contributed by atoms with E-state index in [-0.39, 0.29) is 25.1 Å². The molecule has 0 aromatic heterocycles. The van der Waals surface area contributed by atoms with Gasteiger partial charge in [0.15, 0.2) is 6.29 Å². The van der Waals surface area contributed by atoms with Gasteiger partial charge in [0.05, 0.1) is 39.6 Å². The first-order chi connectivity index (χ1) is 14.7. The van der Waals surface area contributed by atoms with Crippen molar-refractivity contribution in [2.24, 2.45) is 0 Å². The number of aliphatic hydroxyl groups is 1. The first-order valence-electron chi connectivity index (χ1n) is 10.1. The van der Waals surface area contributed by atoms with E-state index in [1.807, 2.05) is 54.6 Å². The third-order valence-electron chi connectivity index (χ3n) is 5.05. The van der Waals surface area contributed by atoms with E-state index in [0.717, 1.165) is 22.4 Å². The minimum absolute atomic E-state index is 0.0931. The highest BCUT2D eigenvalue weighted by Crippen LogP contribution is 2.30. The molecule has 30 heavy (non-hydrogen) atoms. The second kappa shape index (κ2) is 11.8. The number of rotatable bonds is 11. The highest BCUT2D eigenvalue weighted by Gasteiger charge is 2.38. The molecule has 2 aromatic rings. The van der Waals surface area contributed by atoms with Crippen LogP contribution < -0.4 is 4.74 Å². The smallest absolute Gasteiger partial charge is 0.160 e. The first kappa shape index (κ1) is 22.5. The van der Waals surface area contributed by atoms with Gasteiger partial charge in [-0.25, -0.2) is 0 Å². The summed E-state index contributed by atoms with van der Waals surface area (Å²) in [6, 6.07) is 17.8. The summed E-state index contributed by atoms with van der Waals surface area (Å²) in [6.07, 6.45) is 1.49. The highest BCUT2D eigenvalue weighted by molar-refractivity contribution is 5.26. The molecular formula is C24H30O6. The minimum atomic E-state index is -0.348. The molecule has 1 heterocycles. The lowest BCUT2D eigenvalue weighted by Gasteiger charge is -2.22. The minimum Gasteiger partial charge on any atom is -0.497 e. The maximum absolute atomic E-state index is 9.51. The van der Waals surface area contributed by atoms with Gasteiger partial charge in [0, 0.05) is 13.5 Å². The summed E-state index contributed by atoms with van der Waals surface area (Å²) in [6.45, 7) is 1.17. The van der Waals surface area contributed by atoms with E-state index in [0.29, 0.717) is 26.2 Å². The van der Waals surface area contributed by atoms with E-state index in [1.165, 1.54) is 0 Å². The van der Waals surface area contributed by atoms with Crippen molar-refractivity contribution in [1.82, 2.24) is 0 Å². The van der Waals surface area contributed by atoms with E-state index in [1.54, 1.807) is 20.3 Å². The lowest BCUT2D eigenvalue weighted by Crippen LogP contribution is -2.29. The van der Waals surface area contributed by atoms with Gasteiger partial charge in [-0.05, 0) is 28.8 Å². The molecule has 0 unspecified atom stereocenters. The van der Waals surface area contributed by atoms with Crippen molar-refractivity contribution in [1.29, 1.82) is 0 Å². The fourth-order valence-electron chi connectivity index (χ4n) is 3.41. The number of methoxy groups -OCH3 is 2. The van der Waals surface area contributed by atoms with Crippen LogP contribution in [0.3, 0.4) is 0 Å². The predicted octanol–water partition coefficient (Wildman–Crippen LogP) is 3.48. The van der Waals surface area contributed by atoms with Gasteiger partial charge in [-0.15, -0.1) is 0 Å². The number of hydrogen-bond acceptors (Lipinski definition) is 6. The molecule has 1 aliphatic rings. The van der Waals surface area contributed by atoms with Crippen molar-refractivity contribution in [3.63, 3.8) is 0 Å². The average molecular weight is 414 g/mol. The summed E-state index contributed by atoms with van der Waals surface area (Å²) >= 11 is 0. The summed E-state index contributed by atoms with van der Waals surface area (Å²) in [4.78, 5) is 0. The number of ether oxygens (including phenoxy) is 5. The van der Waals surface area contributed by atoms with Crippen LogP contribution >= 0.6 is 0 Å². The summed E-state index contributed by atoms with van der Waals surface area (Å²) in [5.41, 5.74) is 2.99. The van der Waals surface area contributed by atoms with Crippen LogP contribution in [0.4, 0.5) is 0 Å². The molecule has 0 saturated carbocycles. The largest absolute Gasteiger partial charge is 0.497 e. The average Bonchev–Trinajstić information content (AvgIpc) is 3.21. The molecule has 162 valence electrons. The Morgan fingerprint density at radius 3 is 2.43 bits per heavy atom. The van der Waals surface area contributed by atoms with Crippen molar-refractivity contribution < 1.29 is 28.8 Å². The zero-order valence-corrected chi connectivity index (χ0v) is 17.5. The normalized spacial score (nSPS) is 21.7. The van der Waals surface area contributed by atoms with Gasteiger partial charge in [0.2, 0.25) is 0 Å². The van der Waals surface area contributed by atoms with Crippen LogP contribution in [0.15, 0.2) is 66.2 Å². The van der Waals surface area contributed by atoms with Crippen LogP contribution in [0.1, 0.15) is 17.5 Å². The van der Waals surface area contributed by atoms with Crippen molar-refractivity contribution in [2.75, 3.05) is 27.4 Å². The van der Waals surface area contributed by atoms with Crippen molar-refractivity contribution in [3.05, 3.63) is 77.4 Å². The molecule has 6 nitrogen and oxygen atoms in total. The third kappa shape index (κ3) is 6.39. The Balaban J connectivity index is 1.60. The maximum Gasteiger partial charge on any atom is 0.160 e. The molecule has 3 atom stereocenters. The van der Waals surface area contributed by atoms with Crippen LogP contribution in [0, 0.1) is 0 Å². The first-order valence-corrected chi connectivity index (χ1v) is 10.1. The predicted molar refractivity (Wildman–Crippen MR) is 113 cm³/mol. The molecule has 0 bridgehead atoms. The Morgan fingerprint density at radius 1 is 1.03 bits per heavy atom. The molecule has 0 spiro atoms. The summed E-state index contributed by atoms with van der Waals surface area (Å²) in [5.74, 6) is 0.808. The lowest BCUT2D eigenvalue weighted by molar-refractivity contribution is -0.112. The van der Waals surface area contributed by atoms with Gasteiger partial charge < -0.3 is 28.8 Å². The number of aliphatic hydroxyl groups excluding tert-OH is 1. The van der Waals surface area contributed by atoms with E-state index < -0.39 is 0 Å². The quantitative estimate of drug-likeness (QED) is 0.568. The van der Waals surface area contributed by atoms with E-state index >= 15 is 0 Å². The van der Waals surface area contributed by atoms with Crippen LogP contribution in [0.25, 0.3) is 0 Å². The van der Waals surface area contributed by atoms with Gasteiger partial charge in [-0.2, -0.15) is 0 Å². The van der Waals surface area contributed by atoms with Gasteiger partial charge in [-0.3, -0.25) is 0 Å². The van der Waals surface area contributed by atoms with Crippen molar-refractivity contribution >= 4 is 0 Å². The number of hydrogen-bond donors (Lipinski definition) is 1. The van der Waals surface area contributed by atoms with Crippen molar-refractivity contribution in [2.45, 2.75) is 38.1 Å². The van der Waals surface area contributed by atoms with Gasteiger partial charge in [0.1, 0.15) is 11.9 Å². The van der Waals surface area contributed by atoms with Gasteiger partial charge in [-0.1, -0.05) is 48.5 Å². The van der Waals surface area contributed by atoms with Gasteiger partial charge >= 0.3 is 0 Å². The summed E-state index contributed by atoms with van der Waals surface area (Å²) in [5, 5.41) is 9.51. The van der Waals surface area contributed by atoms with E-state index in [4.69, 9.17) is 23.7 Å². The van der Waals surface area contributed by atoms with E-state index in [9.17, 15) is 5.11 Å². The Labute approximate surface area is 178 Å². The zero-order chi connectivity index (χ0) is 21.2. The van der Waals surface area contributed by atoms with Crippen molar-refractivity contribution in [3.8, 4) is 5.75 Å². The molecule has 1 aliphatic heterocycles. The molecule has 1 saturated heterocycles. The molecule has 1 fully saturated rings. The van der Waals surface area contributed by atoms with Crippen LogP contribution in [0.2, 0.25) is 0 Å². The molecule has 0 aliphatic carbocycles. The molecule has 1 N–H and O–H groups in total. The zero-order valence-electron chi connectivity index (χ0n) is 17.5. The fourth-order valence-corrected chi connectivity index (χ4v) is 3.41. The highest BCUT2D eigenvalue weighted by atomic mass is 16.7. The Kier molecular flexibility index (Phi) is 8.86. The van der Waals surface area contributed by atoms with Crippen LogP contribution in [-0.4, -0.2) is 51.0 Å². The molecule has 3 rings (SSSR count). The second-order valence-corrected chi connectivity index (χ2v) is 7.10. The van der Waals surface area contributed by atoms with E-state index in [2.05, 4.69) is 0 Å². The SMILES string of the molecule is COc1ccc(COC/C(=C/CO)[C@H]2O[C@H](OC)C[C@H]2OCc2ccccc2)cc1. The molecule has 2 aromatic carbocycles. The third-order valence-corrected chi connectivity index (χ3v) is 5.05. The summed E-state index contributed by atoms with van der Waals surface area (Å²) in [7, 11) is 3.26. The standard InChI is InChI=1S/C24H30O6/c1-26-21-10-8-19(9-11-21)15-28-17-20(12-13-25)24-22(14-23(27-2)30-24)29-16-18-6-4-3-5-7-18/h3-12,22-25H,13-17H2,1-2H3/b20-12-/t22-,23+,24-/m1/s1. The van der Waals surface area contributed by atoms with Gasteiger partial charge in [0.25, 0.3) is 0 Å². The fraction of sp³-hybridized carbons (Fsp3) is 0.417. The topological polar surface area (TPSA) is 66.4 Å². The Hall–Kier alpha value is -2.22. The second-order valence-electron chi connectivity index (χ2n) is 7.10. The van der Waals surface area contributed by atoms with Crippen LogP contribution in [-0.2, 0) is 32.2 Å². The maximum atomic E-state index is 9.51. The molecular weight excluding hydrogens is 384 g/mol. The Bertz CT molecular complexity index is 774.